The zero-order valence-corrected chi connectivity index (χ0v) is 18.8. The summed E-state index contributed by atoms with van der Waals surface area (Å²) in [6.45, 7) is 0. The van der Waals surface area contributed by atoms with Gasteiger partial charge in [-0.05, 0) is 56.0 Å². The monoisotopic (exact) mass is 475 g/mol. The van der Waals surface area contributed by atoms with Crippen molar-refractivity contribution in [3.63, 3.8) is 0 Å². The molecule has 2 saturated carbocycles. The highest BCUT2D eigenvalue weighted by Crippen LogP contribution is 2.26. The maximum Gasteiger partial charge on any atom is 0.255 e. The molecule has 2 aromatic rings. The Morgan fingerprint density at radius 2 is 1.64 bits per heavy atom. The summed E-state index contributed by atoms with van der Waals surface area (Å²) in [6.07, 6.45) is 6.48. The summed E-state index contributed by atoms with van der Waals surface area (Å²) in [5, 5.41) is 15.8. The van der Waals surface area contributed by atoms with Crippen LogP contribution in [0.15, 0.2) is 41.3 Å². The van der Waals surface area contributed by atoms with Gasteiger partial charge in [0.15, 0.2) is 0 Å². The first-order valence-electron chi connectivity index (χ1n) is 11.0. The first kappa shape index (κ1) is 23.2. The number of nitrogens with one attached hydrogen (secondary N) is 3. The Hall–Kier alpha value is -2.98. The van der Waals surface area contributed by atoms with Crippen LogP contribution in [-0.4, -0.2) is 37.4 Å². The van der Waals surface area contributed by atoms with Gasteiger partial charge in [0, 0.05) is 29.4 Å². The number of aromatic hydroxyl groups is 1. The van der Waals surface area contributed by atoms with E-state index in [1.54, 1.807) is 0 Å². The Morgan fingerprint density at radius 1 is 0.909 bits per heavy atom. The molecule has 0 heterocycles. The highest BCUT2D eigenvalue weighted by atomic mass is 32.2. The third kappa shape index (κ3) is 5.69. The summed E-state index contributed by atoms with van der Waals surface area (Å²) < 4.78 is 41.3. The summed E-state index contributed by atoms with van der Waals surface area (Å²) in [6, 6.07) is 7.06. The van der Waals surface area contributed by atoms with Crippen molar-refractivity contribution in [2.75, 3.05) is 5.32 Å². The lowest BCUT2D eigenvalue weighted by molar-refractivity contribution is 0.0924. The number of hydrogen-bond acceptors (Lipinski definition) is 5. The zero-order valence-electron chi connectivity index (χ0n) is 17.9. The van der Waals surface area contributed by atoms with Crippen molar-refractivity contribution in [3.05, 3.63) is 53.3 Å². The van der Waals surface area contributed by atoms with Crippen LogP contribution < -0.4 is 15.4 Å². The lowest BCUT2D eigenvalue weighted by Gasteiger charge is -2.23. The van der Waals surface area contributed by atoms with Crippen LogP contribution in [0.25, 0.3) is 0 Å². The van der Waals surface area contributed by atoms with Crippen molar-refractivity contribution in [2.45, 2.75) is 61.9 Å². The molecule has 0 aliphatic heterocycles. The van der Waals surface area contributed by atoms with Gasteiger partial charge in [0.1, 0.15) is 16.5 Å². The molecule has 176 valence electrons. The number of sulfonamides is 1. The fourth-order valence-corrected chi connectivity index (χ4v) is 5.26. The maximum absolute atomic E-state index is 14.1. The lowest BCUT2D eigenvalue weighted by atomic mass is 9.95. The van der Waals surface area contributed by atoms with Gasteiger partial charge < -0.3 is 15.7 Å². The van der Waals surface area contributed by atoms with Crippen molar-refractivity contribution in [3.8, 4) is 5.75 Å². The van der Waals surface area contributed by atoms with E-state index in [4.69, 9.17) is 0 Å². The number of hydrogen-bond donors (Lipinski definition) is 4. The first-order chi connectivity index (χ1) is 15.7. The Bertz CT molecular complexity index is 1170. The maximum atomic E-state index is 14.1. The number of amides is 2. The van der Waals surface area contributed by atoms with Gasteiger partial charge in [-0.1, -0.05) is 19.3 Å². The van der Waals surface area contributed by atoms with Crippen molar-refractivity contribution in [2.24, 2.45) is 0 Å². The van der Waals surface area contributed by atoms with Crippen LogP contribution in [0.3, 0.4) is 0 Å². The van der Waals surface area contributed by atoms with Gasteiger partial charge in [-0.25, -0.2) is 17.5 Å². The quantitative estimate of drug-likeness (QED) is 0.489. The summed E-state index contributed by atoms with van der Waals surface area (Å²) in [4.78, 5) is 24.5. The van der Waals surface area contributed by atoms with Crippen molar-refractivity contribution < 1.29 is 27.5 Å². The Labute approximate surface area is 191 Å². The predicted octanol–water partition coefficient (Wildman–Crippen LogP) is 3.29. The van der Waals surface area contributed by atoms with E-state index in [0.717, 1.165) is 44.2 Å². The molecule has 0 spiro atoms. The van der Waals surface area contributed by atoms with Gasteiger partial charge in [0.25, 0.3) is 11.8 Å². The van der Waals surface area contributed by atoms with E-state index in [1.807, 2.05) is 0 Å². The van der Waals surface area contributed by atoms with Crippen LogP contribution in [0.1, 0.15) is 65.7 Å². The van der Waals surface area contributed by atoms with Crippen molar-refractivity contribution in [1.82, 2.24) is 10.0 Å². The number of carbonyl (C=O) groups is 2. The number of phenolic OH excluding ortho intramolecular Hbond substituents is 1. The average Bonchev–Trinajstić information content (AvgIpc) is 3.58. The molecule has 4 rings (SSSR count). The SMILES string of the molecule is O=C(Nc1ccc(C(=O)NC2CCCCC2)c(O)c1)c1ccc(F)c(S(=O)(=O)NC2CC2)c1. The second-order valence-corrected chi connectivity index (χ2v) is 10.2. The number of anilines is 1. The molecule has 33 heavy (non-hydrogen) atoms. The highest BCUT2D eigenvalue weighted by Gasteiger charge is 2.30. The molecule has 4 N–H and O–H groups in total. The van der Waals surface area contributed by atoms with E-state index in [9.17, 15) is 27.5 Å². The van der Waals surface area contributed by atoms with Crippen LogP contribution in [0.4, 0.5) is 10.1 Å². The van der Waals surface area contributed by atoms with Gasteiger partial charge in [0.2, 0.25) is 10.0 Å². The van der Waals surface area contributed by atoms with E-state index >= 15 is 0 Å². The molecule has 10 heteroatoms. The minimum absolute atomic E-state index is 0.0637. The van der Waals surface area contributed by atoms with Gasteiger partial charge in [0.05, 0.1) is 5.56 Å². The summed E-state index contributed by atoms with van der Waals surface area (Å²) in [5.74, 6) is -2.31. The molecule has 0 saturated heterocycles. The second kappa shape index (κ2) is 9.48. The molecule has 0 aromatic heterocycles. The molecule has 8 nitrogen and oxygen atoms in total. The minimum Gasteiger partial charge on any atom is -0.507 e. The zero-order chi connectivity index (χ0) is 23.6. The molecule has 2 amide bonds. The van der Waals surface area contributed by atoms with Gasteiger partial charge >= 0.3 is 0 Å². The molecular weight excluding hydrogens is 449 g/mol. The lowest BCUT2D eigenvalue weighted by Crippen LogP contribution is -2.36. The number of phenols is 1. The molecule has 2 aliphatic rings. The molecule has 0 bridgehead atoms. The molecule has 2 aliphatic carbocycles. The second-order valence-electron chi connectivity index (χ2n) is 8.54. The standard InChI is InChI=1S/C23H26FN3O5S/c24-19-11-6-14(12-21(19)33(31,32)27-16-7-8-16)22(29)26-17-9-10-18(20(28)13-17)23(30)25-15-4-2-1-3-5-15/h6,9-13,15-16,27-28H,1-5,7-8H2,(H,25,30)(H,26,29). The predicted molar refractivity (Wildman–Crippen MR) is 120 cm³/mol. The average molecular weight is 476 g/mol. The van der Waals surface area contributed by atoms with Gasteiger partial charge in [-0.15, -0.1) is 0 Å². The number of benzene rings is 2. The smallest absolute Gasteiger partial charge is 0.255 e. The summed E-state index contributed by atoms with van der Waals surface area (Å²) >= 11 is 0. The van der Waals surface area contributed by atoms with E-state index in [0.29, 0.717) is 12.8 Å². The molecule has 0 radical (unpaired) electrons. The van der Waals surface area contributed by atoms with Gasteiger partial charge in [-0.3, -0.25) is 9.59 Å². The fraction of sp³-hybridized carbons (Fsp3) is 0.391. The van der Waals surface area contributed by atoms with Crippen LogP contribution in [0.2, 0.25) is 0 Å². The van der Waals surface area contributed by atoms with E-state index in [2.05, 4.69) is 15.4 Å². The van der Waals surface area contributed by atoms with E-state index in [-0.39, 0.29) is 40.6 Å². The number of halogens is 1. The van der Waals surface area contributed by atoms with E-state index in [1.165, 1.54) is 24.3 Å². The van der Waals surface area contributed by atoms with Crippen LogP contribution >= 0.6 is 0 Å². The van der Waals surface area contributed by atoms with Crippen molar-refractivity contribution in [1.29, 1.82) is 0 Å². The summed E-state index contributed by atoms with van der Waals surface area (Å²) in [5.41, 5.74) is 0.239. The molecule has 2 aromatic carbocycles. The van der Waals surface area contributed by atoms with Crippen LogP contribution in [0, 0.1) is 5.82 Å². The molecule has 0 atom stereocenters. The Morgan fingerprint density at radius 3 is 2.30 bits per heavy atom. The van der Waals surface area contributed by atoms with Gasteiger partial charge in [-0.2, -0.15) is 0 Å². The largest absolute Gasteiger partial charge is 0.507 e. The molecule has 0 unspecified atom stereocenters. The minimum atomic E-state index is -4.08. The summed E-state index contributed by atoms with van der Waals surface area (Å²) in [7, 11) is -4.08. The third-order valence-electron chi connectivity index (χ3n) is 5.82. The van der Waals surface area contributed by atoms with Crippen LogP contribution in [0.5, 0.6) is 5.75 Å². The molecular formula is C23H26FN3O5S. The van der Waals surface area contributed by atoms with Crippen molar-refractivity contribution >= 4 is 27.5 Å². The van der Waals surface area contributed by atoms with E-state index < -0.39 is 26.6 Å². The fourth-order valence-electron chi connectivity index (χ4n) is 3.85. The Kier molecular flexibility index (Phi) is 6.66. The topological polar surface area (TPSA) is 125 Å². The number of carbonyl (C=O) groups excluding carboxylic acids is 2. The third-order valence-corrected chi connectivity index (χ3v) is 7.36. The normalized spacial score (nSPS) is 16.9. The highest BCUT2D eigenvalue weighted by molar-refractivity contribution is 7.89. The number of rotatable bonds is 7. The Balaban J connectivity index is 1.45. The van der Waals surface area contributed by atoms with Crippen LogP contribution in [-0.2, 0) is 10.0 Å². The molecule has 2 fully saturated rings. The first-order valence-corrected chi connectivity index (χ1v) is 12.5.